The Morgan fingerprint density at radius 3 is 1.47 bits per heavy atom. The minimum Gasteiger partial charge on any atom is -0.507 e. The van der Waals surface area contributed by atoms with Gasteiger partial charge in [-0.2, -0.15) is 0 Å². The van der Waals surface area contributed by atoms with E-state index in [4.69, 9.17) is 0 Å². The topological polar surface area (TPSA) is 65.2 Å². The Hall–Kier alpha value is -3.22. The van der Waals surface area contributed by atoms with Crippen LogP contribution in [0, 0.1) is 13.8 Å². The molecule has 0 amide bonds. The van der Waals surface area contributed by atoms with Gasteiger partial charge in [0.1, 0.15) is 11.5 Å². The third-order valence-corrected chi connectivity index (χ3v) is 7.02. The van der Waals surface area contributed by atoms with E-state index >= 15 is 0 Å². The van der Waals surface area contributed by atoms with E-state index < -0.39 is 0 Å². The second-order valence-electron chi connectivity index (χ2n) is 7.44. The van der Waals surface area contributed by atoms with Gasteiger partial charge in [-0.05, 0) is 85.6 Å². The quantitative estimate of drug-likeness (QED) is 0.238. The maximum absolute atomic E-state index is 10.1. The van der Waals surface area contributed by atoms with Crippen LogP contribution in [-0.2, 0) is 0 Å². The number of thiophene rings is 2. The van der Waals surface area contributed by atoms with Crippen molar-refractivity contribution in [3.05, 3.63) is 81.5 Å². The highest BCUT2D eigenvalue weighted by Crippen LogP contribution is 2.31. The molecular formula is C26H24N2O2S2. The average Bonchev–Trinajstić information content (AvgIpc) is 3.41. The molecule has 0 saturated carbocycles. The summed E-state index contributed by atoms with van der Waals surface area (Å²) < 4.78 is 0. The zero-order chi connectivity index (χ0) is 22.5. The van der Waals surface area contributed by atoms with E-state index in [-0.39, 0.29) is 11.5 Å². The molecule has 0 aliphatic carbocycles. The van der Waals surface area contributed by atoms with Crippen LogP contribution in [0.4, 0.5) is 0 Å². The fourth-order valence-corrected chi connectivity index (χ4v) is 4.97. The van der Waals surface area contributed by atoms with Crippen LogP contribution in [0.5, 0.6) is 11.5 Å². The van der Waals surface area contributed by atoms with E-state index in [1.165, 1.54) is 19.5 Å². The molecule has 32 heavy (non-hydrogen) atoms. The first-order valence-corrected chi connectivity index (χ1v) is 11.9. The van der Waals surface area contributed by atoms with Crippen LogP contribution in [0.15, 0.2) is 70.6 Å². The van der Waals surface area contributed by atoms with Crippen LogP contribution in [0.2, 0.25) is 0 Å². The van der Waals surface area contributed by atoms with Gasteiger partial charge < -0.3 is 10.2 Å². The van der Waals surface area contributed by atoms with E-state index in [9.17, 15) is 10.2 Å². The Morgan fingerprint density at radius 1 is 0.656 bits per heavy atom. The lowest BCUT2D eigenvalue weighted by Crippen LogP contribution is -1.92. The van der Waals surface area contributed by atoms with Gasteiger partial charge in [0.25, 0.3) is 0 Å². The predicted octanol–water partition coefficient (Wildman–Crippen LogP) is 6.71. The van der Waals surface area contributed by atoms with Gasteiger partial charge in [-0.25, -0.2) is 0 Å². The first kappa shape index (κ1) is 22.0. The maximum atomic E-state index is 10.1. The zero-order valence-electron chi connectivity index (χ0n) is 17.9. The first-order chi connectivity index (χ1) is 15.5. The van der Waals surface area contributed by atoms with Gasteiger partial charge in [-0.3, -0.25) is 9.98 Å². The molecule has 4 nitrogen and oxygen atoms in total. The molecule has 2 N–H and O–H groups in total. The minimum atomic E-state index is 0.208. The fraction of sp³-hybridized carbons (Fsp3) is 0.154. The number of hydrogen-bond donors (Lipinski definition) is 2. The molecule has 6 heteroatoms. The molecular weight excluding hydrogens is 436 g/mol. The summed E-state index contributed by atoms with van der Waals surface area (Å²) in [7, 11) is 0. The number of phenols is 2. The van der Waals surface area contributed by atoms with Crippen molar-refractivity contribution in [3.63, 3.8) is 0 Å². The van der Waals surface area contributed by atoms with Crippen molar-refractivity contribution >= 4 is 35.1 Å². The molecule has 0 bridgehead atoms. The second kappa shape index (κ2) is 9.94. The Kier molecular flexibility index (Phi) is 6.83. The standard InChI is InChI=1S/C26H24N2O2S2/c1-17-3-9-25(31-17)19-5-7-23(29)21(13-19)15-27-11-12-28-16-22-14-20(6-8-24(22)30)26-10-4-18(2)32-26/h3-10,13-16,29-30H,11-12H2,1-2H3. The number of benzene rings is 2. The van der Waals surface area contributed by atoms with Crippen molar-refractivity contribution in [1.29, 1.82) is 0 Å². The van der Waals surface area contributed by atoms with Crippen LogP contribution in [-0.4, -0.2) is 35.7 Å². The number of hydrogen-bond acceptors (Lipinski definition) is 6. The third-order valence-electron chi connectivity index (χ3n) is 4.92. The van der Waals surface area contributed by atoms with Gasteiger partial charge in [0.15, 0.2) is 0 Å². The predicted molar refractivity (Wildman–Crippen MR) is 137 cm³/mol. The molecule has 0 spiro atoms. The highest BCUT2D eigenvalue weighted by atomic mass is 32.1. The number of aliphatic imine (C=N–C) groups is 2. The molecule has 4 rings (SSSR count). The van der Waals surface area contributed by atoms with Crippen molar-refractivity contribution in [1.82, 2.24) is 0 Å². The Bertz CT molecular complexity index is 1180. The summed E-state index contributed by atoms with van der Waals surface area (Å²) in [5.74, 6) is 0.416. The van der Waals surface area contributed by atoms with Crippen LogP contribution >= 0.6 is 22.7 Å². The van der Waals surface area contributed by atoms with Crippen molar-refractivity contribution in [3.8, 4) is 32.4 Å². The van der Waals surface area contributed by atoms with Crippen LogP contribution in [0.3, 0.4) is 0 Å². The summed E-state index contributed by atoms with van der Waals surface area (Å²) in [6.45, 7) is 5.14. The molecule has 4 aromatic rings. The molecule has 0 atom stereocenters. The Balaban J connectivity index is 1.38. The van der Waals surface area contributed by atoms with E-state index in [2.05, 4.69) is 48.1 Å². The molecule has 2 aromatic carbocycles. The van der Waals surface area contributed by atoms with Gasteiger partial charge in [-0.1, -0.05) is 0 Å². The lowest BCUT2D eigenvalue weighted by molar-refractivity contribution is 0.474. The molecule has 0 aliphatic rings. The summed E-state index contributed by atoms with van der Waals surface area (Å²) in [4.78, 5) is 13.7. The third kappa shape index (κ3) is 5.33. The number of aromatic hydroxyl groups is 2. The first-order valence-electron chi connectivity index (χ1n) is 10.3. The fourth-order valence-electron chi connectivity index (χ4n) is 3.24. The Morgan fingerprint density at radius 2 is 1.09 bits per heavy atom. The summed E-state index contributed by atoms with van der Waals surface area (Å²) in [5, 5.41) is 20.3. The molecule has 0 radical (unpaired) electrons. The molecule has 0 saturated heterocycles. The highest BCUT2D eigenvalue weighted by Gasteiger charge is 2.06. The smallest absolute Gasteiger partial charge is 0.124 e. The molecule has 2 heterocycles. The summed E-state index contributed by atoms with van der Waals surface area (Å²) in [6, 6.07) is 19.5. The lowest BCUT2D eigenvalue weighted by Gasteiger charge is -2.03. The minimum absolute atomic E-state index is 0.208. The SMILES string of the molecule is Cc1ccc(-c2ccc(O)c(C=NCCN=Cc3cc(-c4ccc(C)s4)ccc3O)c2)s1. The van der Waals surface area contributed by atoms with E-state index in [1.54, 1.807) is 47.2 Å². The van der Waals surface area contributed by atoms with Gasteiger partial charge in [-0.15, -0.1) is 22.7 Å². The van der Waals surface area contributed by atoms with Crippen molar-refractivity contribution in [2.24, 2.45) is 9.98 Å². The number of rotatable bonds is 7. The van der Waals surface area contributed by atoms with Gasteiger partial charge in [0, 0.05) is 43.1 Å². The molecule has 0 aliphatic heterocycles. The number of phenolic OH excluding ortho intramolecular Hbond substituents is 2. The van der Waals surface area contributed by atoms with E-state index in [0.717, 1.165) is 11.1 Å². The number of aryl methyl sites for hydroxylation is 2. The van der Waals surface area contributed by atoms with Crippen LogP contribution < -0.4 is 0 Å². The summed E-state index contributed by atoms with van der Waals surface area (Å²) in [5.41, 5.74) is 3.51. The maximum Gasteiger partial charge on any atom is 0.124 e. The zero-order valence-corrected chi connectivity index (χ0v) is 19.6. The number of nitrogens with zero attached hydrogens (tertiary/aromatic N) is 2. The normalized spacial score (nSPS) is 11.7. The van der Waals surface area contributed by atoms with Crippen LogP contribution in [0.1, 0.15) is 20.9 Å². The molecule has 162 valence electrons. The second-order valence-corrected chi connectivity index (χ2v) is 10.0. The Labute approximate surface area is 195 Å². The summed E-state index contributed by atoms with van der Waals surface area (Å²) in [6.07, 6.45) is 3.37. The van der Waals surface area contributed by atoms with Crippen LogP contribution in [0.25, 0.3) is 20.9 Å². The van der Waals surface area contributed by atoms with Crippen molar-refractivity contribution in [2.75, 3.05) is 13.1 Å². The van der Waals surface area contributed by atoms with E-state index in [1.807, 2.05) is 24.3 Å². The van der Waals surface area contributed by atoms with Gasteiger partial charge >= 0.3 is 0 Å². The molecule has 2 aromatic heterocycles. The van der Waals surface area contributed by atoms with E-state index in [0.29, 0.717) is 24.2 Å². The monoisotopic (exact) mass is 460 g/mol. The average molecular weight is 461 g/mol. The van der Waals surface area contributed by atoms with Gasteiger partial charge in [0.05, 0.1) is 13.1 Å². The van der Waals surface area contributed by atoms with Gasteiger partial charge in [0.2, 0.25) is 0 Å². The highest BCUT2D eigenvalue weighted by molar-refractivity contribution is 7.15. The van der Waals surface area contributed by atoms with Crippen molar-refractivity contribution in [2.45, 2.75) is 13.8 Å². The van der Waals surface area contributed by atoms with Crippen molar-refractivity contribution < 1.29 is 10.2 Å². The molecule has 0 fully saturated rings. The lowest BCUT2D eigenvalue weighted by atomic mass is 10.1. The molecule has 0 unspecified atom stereocenters. The largest absolute Gasteiger partial charge is 0.507 e. The summed E-state index contributed by atoms with van der Waals surface area (Å²) >= 11 is 3.45.